The lowest BCUT2D eigenvalue weighted by atomic mass is 9.77. The number of carbonyl (C=O) groups excluding carboxylic acids is 1. The molecule has 2 atom stereocenters. The highest BCUT2D eigenvalue weighted by Crippen LogP contribution is 2.32. The first-order chi connectivity index (χ1) is 9.82. The fourth-order valence-electron chi connectivity index (χ4n) is 3.27. The molecule has 0 bridgehead atoms. The third-order valence-corrected chi connectivity index (χ3v) is 4.59. The lowest BCUT2D eigenvalue weighted by Gasteiger charge is -2.40. The SMILES string of the molecule is CC1CCC(NC(=O)N2C[C@@H](C)O[C@@H](C)C2)(C(=O)O)CC1. The van der Waals surface area contributed by atoms with E-state index in [1.54, 1.807) is 4.90 Å². The molecule has 1 aliphatic heterocycles. The zero-order valence-electron chi connectivity index (χ0n) is 13.1. The zero-order chi connectivity index (χ0) is 15.6. The number of carboxylic acids is 1. The van der Waals surface area contributed by atoms with Crippen molar-refractivity contribution < 1.29 is 19.4 Å². The van der Waals surface area contributed by atoms with Crippen molar-refractivity contribution in [1.82, 2.24) is 10.2 Å². The highest BCUT2D eigenvalue weighted by atomic mass is 16.5. The van der Waals surface area contributed by atoms with Gasteiger partial charge in [0, 0.05) is 13.1 Å². The van der Waals surface area contributed by atoms with Crippen LogP contribution in [0.3, 0.4) is 0 Å². The summed E-state index contributed by atoms with van der Waals surface area (Å²) in [4.78, 5) is 25.8. The van der Waals surface area contributed by atoms with Crippen LogP contribution in [0, 0.1) is 5.92 Å². The van der Waals surface area contributed by atoms with E-state index in [4.69, 9.17) is 4.74 Å². The van der Waals surface area contributed by atoms with Gasteiger partial charge in [-0.05, 0) is 45.4 Å². The second-order valence-corrected chi connectivity index (χ2v) is 6.66. The minimum absolute atomic E-state index is 0.0216. The summed E-state index contributed by atoms with van der Waals surface area (Å²) in [6, 6.07) is -0.283. The maximum atomic E-state index is 12.4. The van der Waals surface area contributed by atoms with Gasteiger partial charge in [-0.15, -0.1) is 0 Å². The highest BCUT2D eigenvalue weighted by molar-refractivity contribution is 5.86. The number of nitrogens with one attached hydrogen (secondary N) is 1. The van der Waals surface area contributed by atoms with E-state index in [9.17, 15) is 14.7 Å². The lowest BCUT2D eigenvalue weighted by molar-refractivity contribution is -0.146. The number of carboxylic acid groups (broad SMARTS) is 1. The summed E-state index contributed by atoms with van der Waals surface area (Å²) in [5.74, 6) is -0.394. The number of morpholine rings is 1. The van der Waals surface area contributed by atoms with Gasteiger partial charge in [0.05, 0.1) is 12.2 Å². The van der Waals surface area contributed by atoms with Crippen LogP contribution >= 0.6 is 0 Å². The summed E-state index contributed by atoms with van der Waals surface area (Å²) < 4.78 is 5.61. The van der Waals surface area contributed by atoms with Crippen molar-refractivity contribution in [3.8, 4) is 0 Å². The number of ether oxygens (including phenoxy) is 1. The number of nitrogens with zero attached hydrogens (tertiary/aromatic N) is 1. The summed E-state index contributed by atoms with van der Waals surface area (Å²) in [5.41, 5.74) is -1.10. The van der Waals surface area contributed by atoms with Crippen LogP contribution in [-0.2, 0) is 9.53 Å². The molecule has 0 aromatic carbocycles. The first-order valence-electron chi connectivity index (χ1n) is 7.78. The molecule has 6 nitrogen and oxygen atoms in total. The minimum atomic E-state index is -1.10. The Kier molecular flexibility index (Phi) is 4.76. The van der Waals surface area contributed by atoms with Gasteiger partial charge in [-0.3, -0.25) is 0 Å². The predicted molar refractivity (Wildman–Crippen MR) is 78.1 cm³/mol. The molecule has 120 valence electrons. The number of carbonyl (C=O) groups is 2. The fraction of sp³-hybridized carbons (Fsp3) is 0.867. The van der Waals surface area contributed by atoms with Crippen molar-refractivity contribution >= 4 is 12.0 Å². The predicted octanol–water partition coefficient (Wildman–Crippen LogP) is 1.84. The monoisotopic (exact) mass is 298 g/mol. The lowest BCUT2D eigenvalue weighted by Crippen LogP contribution is -2.61. The number of amides is 2. The molecule has 0 spiro atoms. The Hall–Kier alpha value is -1.30. The van der Waals surface area contributed by atoms with Crippen molar-refractivity contribution in [2.45, 2.75) is 64.2 Å². The van der Waals surface area contributed by atoms with Crippen molar-refractivity contribution in [2.24, 2.45) is 5.92 Å². The van der Waals surface area contributed by atoms with Gasteiger partial charge < -0.3 is 20.1 Å². The number of hydrogen-bond donors (Lipinski definition) is 2. The highest BCUT2D eigenvalue weighted by Gasteiger charge is 2.43. The standard InChI is InChI=1S/C15H26N2O4/c1-10-4-6-15(7-5-10,13(18)19)16-14(20)17-8-11(2)21-12(3)9-17/h10-12H,4-9H2,1-3H3,(H,16,20)(H,18,19)/t10?,11-,12+,15?. The van der Waals surface area contributed by atoms with Gasteiger partial charge in [0.15, 0.2) is 0 Å². The third kappa shape index (κ3) is 3.67. The van der Waals surface area contributed by atoms with Gasteiger partial charge in [0.2, 0.25) is 0 Å². The molecular weight excluding hydrogens is 272 g/mol. The summed E-state index contributed by atoms with van der Waals surface area (Å²) in [5, 5.41) is 12.4. The second-order valence-electron chi connectivity index (χ2n) is 6.66. The molecule has 2 amide bonds. The zero-order valence-corrected chi connectivity index (χ0v) is 13.1. The van der Waals surface area contributed by atoms with Crippen LogP contribution in [0.25, 0.3) is 0 Å². The molecular formula is C15H26N2O4. The summed E-state index contributed by atoms with van der Waals surface area (Å²) in [6.07, 6.45) is 2.64. The minimum Gasteiger partial charge on any atom is -0.480 e. The number of hydrogen-bond acceptors (Lipinski definition) is 3. The van der Waals surface area contributed by atoms with Crippen LogP contribution < -0.4 is 5.32 Å². The molecule has 2 fully saturated rings. The average Bonchev–Trinajstić information content (AvgIpc) is 2.40. The van der Waals surface area contributed by atoms with Crippen LogP contribution in [-0.4, -0.2) is 52.8 Å². The molecule has 0 aromatic heterocycles. The summed E-state index contributed by atoms with van der Waals surface area (Å²) in [7, 11) is 0. The fourth-order valence-corrected chi connectivity index (χ4v) is 3.27. The molecule has 1 aliphatic carbocycles. The smallest absolute Gasteiger partial charge is 0.329 e. The molecule has 21 heavy (non-hydrogen) atoms. The van der Waals surface area contributed by atoms with Crippen LogP contribution in [0.5, 0.6) is 0 Å². The van der Waals surface area contributed by atoms with Crippen molar-refractivity contribution in [3.63, 3.8) is 0 Å². The Labute approximate surface area is 125 Å². The number of urea groups is 1. The van der Waals surface area contributed by atoms with Crippen LogP contribution in [0.4, 0.5) is 4.79 Å². The number of aliphatic carboxylic acids is 1. The normalized spacial score (nSPS) is 37.1. The Balaban J connectivity index is 2.03. The maximum absolute atomic E-state index is 12.4. The van der Waals surface area contributed by atoms with Gasteiger partial charge in [-0.1, -0.05) is 6.92 Å². The molecule has 1 heterocycles. The molecule has 6 heteroatoms. The number of rotatable bonds is 2. The van der Waals surface area contributed by atoms with Crippen LogP contribution in [0.15, 0.2) is 0 Å². The van der Waals surface area contributed by atoms with E-state index in [0.29, 0.717) is 31.8 Å². The molecule has 2 aliphatic rings. The summed E-state index contributed by atoms with van der Waals surface area (Å²) >= 11 is 0. The molecule has 0 unspecified atom stereocenters. The van der Waals surface area contributed by atoms with E-state index in [1.165, 1.54) is 0 Å². The quantitative estimate of drug-likeness (QED) is 0.815. The Morgan fingerprint density at radius 3 is 2.14 bits per heavy atom. The first-order valence-corrected chi connectivity index (χ1v) is 7.78. The van der Waals surface area contributed by atoms with E-state index < -0.39 is 11.5 Å². The van der Waals surface area contributed by atoms with E-state index in [2.05, 4.69) is 12.2 Å². The van der Waals surface area contributed by atoms with Crippen molar-refractivity contribution in [1.29, 1.82) is 0 Å². The molecule has 1 saturated carbocycles. The molecule has 0 aromatic rings. The van der Waals surface area contributed by atoms with Crippen LogP contribution in [0.1, 0.15) is 46.5 Å². The Bertz CT molecular complexity index is 394. The van der Waals surface area contributed by atoms with E-state index in [1.807, 2.05) is 13.8 Å². The second kappa shape index (κ2) is 6.22. The van der Waals surface area contributed by atoms with Gasteiger partial charge in [-0.25, -0.2) is 9.59 Å². The third-order valence-electron chi connectivity index (χ3n) is 4.59. The van der Waals surface area contributed by atoms with Gasteiger partial charge in [0.1, 0.15) is 5.54 Å². The Morgan fingerprint density at radius 2 is 1.67 bits per heavy atom. The van der Waals surface area contributed by atoms with Gasteiger partial charge in [0.25, 0.3) is 0 Å². The van der Waals surface area contributed by atoms with Crippen molar-refractivity contribution in [2.75, 3.05) is 13.1 Å². The molecule has 0 radical (unpaired) electrons. The average molecular weight is 298 g/mol. The van der Waals surface area contributed by atoms with Gasteiger partial charge >= 0.3 is 12.0 Å². The molecule has 2 rings (SSSR count). The largest absolute Gasteiger partial charge is 0.480 e. The molecule has 1 saturated heterocycles. The van der Waals surface area contributed by atoms with E-state index in [0.717, 1.165) is 12.8 Å². The maximum Gasteiger partial charge on any atom is 0.329 e. The van der Waals surface area contributed by atoms with Crippen LogP contribution in [0.2, 0.25) is 0 Å². The first kappa shape index (κ1) is 16.1. The van der Waals surface area contributed by atoms with E-state index >= 15 is 0 Å². The Morgan fingerprint density at radius 1 is 1.14 bits per heavy atom. The van der Waals surface area contributed by atoms with Gasteiger partial charge in [-0.2, -0.15) is 0 Å². The summed E-state index contributed by atoms with van der Waals surface area (Å²) in [6.45, 7) is 6.97. The topological polar surface area (TPSA) is 78.9 Å². The van der Waals surface area contributed by atoms with E-state index in [-0.39, 0.29) is 18.2 Å². The molecule has 2 N–H and O–H groups in total. The van der Waals surface area contributed by atoms with Crippen molar-refractivity contribution in [3.05, 3.63) is 0 Å².